The summed E-state index contributed by atoms with van der Waals surface area (Å²) >= 11 is 6.31. The zero-order valence-electron chi connectivity index (χ0n) is 19.0. The molecular formula is C24H30ClNO5S. The second-order valence-electron chi connectivity index (χ2n) is 9.01. The number of carbonyl (C=O) groups excluding carboxylic acids is 1. The Morgan fingerprint density at radius 3 is 2.34 bits per heavy atom. The highest BCUT2D eigenvalue weighted by molar-refractivity contribution is 7.90. The number of benzene rings is 2. The minimum absolute atomic E-state index is 0.214. The molecule has 0 bridgehead atoms. The summed E-state index contributed by atoms with van der Waals surface area (Å²) < 4.78 is 35.7. The lowest BCUT2D eigenvalue weighted by Crippen LogP contribution is -2.30. The van der Waals surface area contributed by atoms with E-state index in [1.54, 1.807) is 51.1 Å². The van der Waals surface area contributed by atoms with E-state index >= 15 is 0 Å². The number of nitrogens with zero attached hydrogens (tertiary/aromatic N) is 1. The number of halogens is 1. The summed E-state index contributed by atoms with van der Waals surface area (Å²) in [6.45, 7) is 6.89. The van der Waals surface area contributed by atoms with Crippen LogP contribution in [0.2, 0.25) is 5.02 Å². The van der Waals surface area contributed by atoms with Crippen molar-refractivity contribution in [2.45, 2.75) is 50.5 Å². The van der Waals surface area contributed by atoms with Crippen molar-refractivity contribution in [2.75, 3.05) is 30.9 Å². The lowest BCUT2D eigenvalue weighted by Gasteiger charge is -2.31. The van der Waals surface area contributed by atoms with Gasteiger partial charge in [-0.2, -0.15) is 0 Å². The molecule has 0 aromatic heterocycles. The molecule has 1 saturated heterocycles. The predicted molar refractivity (Wildman–Crippen MR) is 127 cm³/mol. The maximum absolute atomic E-state index is 12.3. The lowest BCUT2D eigenvalue weighted by atomic mass is 10.00. The Morgan fingerprint density at radius 1 is 1.03 bits per heavy atom. The topological polar surface area (TPSA) is 72.9 Å². The third kappa shape index (κ3) is 6.39. The van der Waals surface area contributed by atoms with Gasteiger partial charge in [0.05, 0.1) is 4.90 Å². The first-order chi connectivity index (χ1) is 14.9. The molecule has 0 unspecified atom stereocenters. The lowest BCUT2D eigenvalue weighted by molar-refractivity contribution is -0.157. The molecular weight excluding hydrogens is 450 g/mol. The smallest absolute Gasteiger partial charge is 0.344 e. The van der Waals surface area contributed by atoms with Crippen molar-refractivity contribution in [3.05, 3.63) is 41.4 Å². The van der Waals surface area contributed by atoms with E-state index < -0.39 is 21.4 Å². The van der Waals surface area contributed by atoms with E-state index in [2.05, 4.69) is 4.90 Å². The highest BCUT2D eigenvalue weighted by Crippen LogP contribution is 2.40. The van der Waals surface area contributed by atoms with Crippen molar-refractivity contribution < 1.29 is 22.7 Å². The number of rotatable bonds is 6. The summed E-state index contributed by atoms with van der Waals surface area (Å²) in [6.07, 6.45) is 4.51. The maximum Gasteiger partial charge on any atom is 0.344 e. The van der Waals surface area contributed by atoms with Crippen molar-refractivity contribution in [2.24, 2.45) is 0 Å². The number of esters is 1. The van der Waals surface area contributed by atoms with Crippen LogP contribution >= 0.6 is 11.6 Å². The summed E-state index contributed by atoms with van der Waals surface area (Å²) in [5.41, 5.74) is 1.64. The van der Waals surface area contributed by atoms with Gasteiger partial charge in [-0.3, -0.25) is 0 Å². The monoisotopic (exact) mass is 479 g/mol. The minimum Gasteiger partial charge on any atom is -0.481 e. The number of carbonyl (C=O) groups is 1. The zero-order chi connectivity index (χ0) is 23.5. The summed E-state index contributed by atoms with van der Waals surface area (Å²) in [5.74, 6) is -0.0521. The summed E-state index contributed by atoms with van der Waals surface area (Å²) in [4.78, 5) is 14.7. The van der Waals surface area contributed by atoms with Gasteiger partial charge >= 0.3 is 5.97 Å². The average molecular weight is 480 g/mol. The van der Waals surface area contributed by atoms with Gasteiger partial charge in [-0.15, -0.1) is 0 Å². The van der Waals surface area contributed by atoms with Crippen LogP contribution in [0.15, 0.2) is 41.3 Å². The van der Waals surface area contributed by atoms with Gasteiger partial charge in [0.25, 0.3) is 0 Å². The molecule has 0 radical (unpaired) electrons. The van der Waals surface area contributed by atoms with Crippen molar-refractivity contribution in [1.82, 2.24) is 0 Å². The number of hydrogen-bond donors (Lipinski definition) is 0. The molecule has 3 rings (SSSR count). The second-order valence-corrected chi connectivity index (χ2v) is 11.5. The molecule has 32 heavy (non-hydrogen) atoms. The van der Waals surface area contributed by atoms with Crippen LogP contribution in [0.25, 0.3) is 11.1 Å². The first-order valence-corrected chi connectivity index (χ1v) is 12.9. The van der Waals surface area contributed by atoms with Gasteiger partial charge in [-0.05, 0) is 76.4 Å². The summed E-state index contributed by atoms with van der Waals surface area (Å²) in [7, 11) is -3.42. The molecule has 2 aromatic rings. The van der Waals surface area contributed by atoms with Gasteiger partial charge in [-0.1, -0.05) is 11.6 Å². The Labute approximate surface area is 195 Å². The fourth-order valence-electron chi connectivity index (χ4n) is 3.72. The third-order valence-electron chi connectivity index (χ3n) is 5.09. The van der Waals surface area contributed by atoms with E-state index in [0.29, 0.717) is 21.9 Å². The van der Waals surface area contributed by atoms with Crippen LogP contribution in [0.4, 0.5) is 5.69 Å². The van der Waals surface area contributed by atoms with Gasteiger partial charge in [0.1, 0.15) is 11.4 Å². The number of hydrogen-bond acceptors (Lipinski definition) is 6. The van der Waals surface area contributed by atoms with E-state index in [9.17, 15) is 13.2 Å². The first-order valence-electron chi connectivity index (χ1n) is 10.7. The number of piperidine rings is 1. The molecule has 6 nitrogen and oxygen atoms in total. The van der Waals surface area contributed by atoms with Crippen LogP contribution < -0.4 is 9.64 Å². The van der Waals surface area contributed by atoms with Crippen molar-refractivity contribution in [3.8, 4) is 16.9 Å². The van der Waals surface area contributed by atoms with E-state index in [0.717, 1.165) is 31.6 Å². The average Bonchev–Trinajstić information content (AvgIpc) is 2.71. The van der Waals surface area contributed by atoms with Crippen LogP contribution in [0.3, 0.4) is 0 Å². The Kier molecular flexibility index (Phi) is 7.40. The van der Waals surface area contributed by atoms with Gasteiger partial charge < -0.3 is 14.4 Å². The molecule has 0 saturated carbocycles. The maximum atomic E-state index is 12.3. The van der Waals surface area contributed by atoms with Crippen molar-refractivity contribution in [1.29, 1.82) is 0 Å². The minimum atomic E-state index is -3.42. The predicted octanol–water partition coefficient (Wildman–Crippen LogP) is 5.12. The van der Waals surface area contributed by atoms with Gasteiger partial charge in [0.2, 0.25) is 0 Å². The van der Waals surface area contributed by atoms with Crippen LogP contribution in [0.1, 0.15) is 40.0 Å². The molecule has 1 heterocycles. The fourth-order valence-corrected chi connectivity index (χ4v) is 4.54. The molecule has 0 N–H and O–H groups in total. The van der Waals surface area contributed by atoms with E-state index in [1.807, 2.05) is 6.07 Å². The van der Waals surface area contributed by atoms with Crippen molar-refractivity contribution in [3.63, 3.8) is 0 Å². The van der Waals surface area contributed by atoms with Crippen LogP contribution in [-0.4, -0.2) is 45.9 Å². The summed E-state index contributed by atoms with van der Waals surface area (Å²) in [5, 5.41) is 0.485. The Balaban J connectivity index is 2.05. The SMILES string of the molecule is CC(C)(C)OC(=O)COc1ccc(Cl)cc1-c1cc(S(C)(=O)=O)ccc1N1CCCCC1. The van der Waals surface area contributed by atoms with E-state index in [1.165, 1.54) is 12.7 Å². The van der Waals surface area contributed by atoms with Gasteiger partial charge in [0.15, 0.2) is 16.4 Å². The number of anilines is 1. The molecule has 8 heteroatoms. The highest BCUT2D eigenvalue weighted by atomic mass is 35.5. The summed E-state index contributed by atoms with van der Waals surface area (Å²) in [6, 6.07) is 10.2. The molecule has 0 amide bonds. The van der Waals surface area contributed by atoms with Crippen LogP contribution in [-0.2, 0) is 19.4 Å². The second kappa shape index (κ2) is 9.71. The molecule has 174 valence electrons. The highest BCUT2D eigenvalue weighted by Gasteiger charge is 2.22. The third-order valence-corrected chi connectivity index (χ3v) is 6.44. The normalized spacial score (nSPS) is 14.8. The van der Waals surface area contributed by atoms with Crippen LogP contribution in [0, 0.1) is 0 Å². The molecule has 1 fully saturated rings. The number of sulfone groups is 1. The van der Waals surface area contributed by atoms with Crippen LogP contribution in [0.5, 0.6) is 5.75 Å². The van der Waals surface area contributed by atoms with Gasteiger partial charge in [-0.25, -0.2) is 13.2 Å². The molecule has 2 aromatic carbocycles. The quantitative estimate of drug-likeness (QED) is 0.535. The molecule has 1 aliphatic rings. The Bertz CT molecular complexity index is 1090. The molecule has 0 spiro atoms. The molecule has 0 atom stereocenters. The molecule has 1 aliphatic heterocycles. The first kappa shape index (κ1) is 24.4. The zero-order valence-corrected chi connectivity index (χ0v) is 20.6. The Morgan fingerprint density at radius 2 is 1.72 bits per heavy atom. The fraction of sp³-hybridized carbons (Fsp3) is 0.458. The van der Waals surface area contributed by atoms with Crippen molar-refractivity contribution >= 4 is 33.1 Å². The number of ether oxygens (including phenoxy) is 2. The molecule has 0 aliphatic carbocycles. The van der Waals surface area contributed by atoms with E-state index in [4.69, 9.17) is 21.1 Å². The standard InChI is InChI=1S/C24H30ClNO5S/c1-24(2,3)31-23(27)16-30-22-11-8-17(25)14-20(22)19-15-18(32(4,28)29)9-10-21(19)26-12-6-5-7-13-26/h8-11,14-15H,5-7,12-13,16H2,1-4H3. The van der Waals surface area contributed by atoms with E-state index in [-0.39, 0.29) is 11.5 Å². The van der Waals surface area contributed by atoms with Gasteiger partial charge in [0, 0.05) is 41.2 Å². The largest absolute Gasteiger partial charge is 0.481 e. The Hall–Kier alpha value is -2.25.